The number of nitrogen functional groups attached to an aromatic ring is 1. The fraction of sp³-hybridized carbons (Fsp3) is 0.133. The molecule has 98 valence electrons. The molecule has 0 saturated heterocycles. The molecule has 19 heavy (non-hydrogen) atoms. The molecule has 0 aromatic heterocycles. The highest BCUT2D eigenvalue weighted by Gasteiger charge is 2.11. The van der Waals surface area contributed by atoms with Crippen LogP contribution in [0.1, 0.15) is 21.5 Å². The van der Waals surface area contributed by atoms with Crippen LogP contribution in [-0.4, -0.2) is 5.91 Å². The highest BCUT2D eigenvalue weighted by atomic mass is 19.1. The highest BCUT2D eigenvalue weighted by Crippen LogP contribution is 2.19. The van der Waals surface area contributed by atoms with Crippen molar-refractivity contribution in [3.63, 3.8) is 0 Å². The molecule has 0 aliphatic carbocycles. The lowest BCUT2D eigenvalue weighted by Gasteiger charge is -2.09. The van der Waals surface area contributed by atoms with Crippen LogP contribution in [-0.2, 0) is 0 Å². The fourth-order valence-corrected chi connectivity index (χ4v) is 1.90. The van der Waals surface area contributed by atoms with E-state index in [4.69, 9.17) is 5.73 Å². The molecular formula is C15H15FN2O. The van der Waals surface area contributed by atoms with E-state index in [1.54, 1.807) is 6.07 Å². The molecule has 2 aromatic carbocycles. The lowest BCUT2D eigenvalue weighted by Crippen LogP contribution is -2.14. The van der Waals surface area contributed by atoms with E-state index in [1.165, 1.54) is 18.2 Å². The summed E-state index contributed by atoms with van der Waals surface area (Å²) < 4.78 is 13.5. The highest BCUT2D eigenvalue weighted by molar-refractivity contribution is 6.05. The lowest BCUT2D eigenvalue weighted by atomic mass is 10.1. The Morgan fingerprint density at radius 3 is 2.58 bits per heavy atom. The van der Waals surface area contributed by atoms with Crippen molar-refractivity contribution in [2.75, 3.05) is 11.1 Å². The average molecular weight is 258 g/mol. The summed E-state index contributed by atoms with van der Waals surface area (Å²) in [5, 5.41) is 2.53. The Labute approximate surface area is 111 Å². The van der Waals surface area contributed by atoms with Crippen LogP contribution in [0.2, 0.25) is 0 Å². The van der Waals surface area contributed by atoms with E-state index < -0.39 is 5.82 Å². The van der Waals surface area contributed by atoms with Gasteiger partial charge in [0.05, 0.1) is 5.69 Å². The van der Waals surface area contributed by atoms with Gasteiger partial charge in [0.15, 0.2) is 0 Å². The minimum absolute atomic E-state index is 0.0879. The first-order valence-corrected chi connectivity index (χ1v) is 5.91. The molecule has 0 aliphatic rings. The van der Waals surface area contributed by atoms with Crippen LogP contribution in [0.3, 0.4) is 0 Å². The van der Waals surface area contributed by atoms with Crippen LogP contribution in [0.15, 0.2) is 36.4 Å². The van der Waals surface area contributed by atoms with Crippen molar-refractivity contribution in [2.24, 2.45) is 0 Å². The van der Waals surface area contributed by atoms with Gasteiger partial charge in [-0.1, -0.05) is 17.7 Å². The second-order valence-corrected chi connectivity index (χ2v) is 4.51. The number of amides is 1. The van der Waals surface area contributed by atoms with Crippen LogP contribution in [0.5, 0.6) is 0 Å². The summed E-state index contributed by atoms with van der Waals surface area (Å²) >= 11 is 0. The Balaban J connectivity index is 2.28. The molecule has 0 heterocycles. The largest absolute Gasteiger partial charge is 0.399 e. The van der Waals surface area contributed by atoms with Gasteiger partial charge in [-0.15, -0.1) is 0 Å². The molecule has 0 unspecified atom stereocenters. The molecule has 0 aliphatic heterocycles. The van der Waals surface area contributed by atoms with Gasteiger partial charge in [0.1, 0.15) is 5.82 Å². The second-order valence-electron chi connectivity index (χ2n) is 4.51. The Morgan fingerprint density at radius 2 is 1.89 bits per heavy atom. The fourth-order valence-electron chi connectivity index (χ4n) is 1.90. The van der Waals surface area contributed by atoms with Gasteiger partial charge in [-0.2, -0.15) is 0 Å². The van der Waals surface area contributed by atoms with E-state index in [1.807, 2.05) is 26.0 Å². The van der Waals surface area contributed by atoms with Gasteiger partial charge in [0.25, 0.3) is 5.91 Å². The molecule has 3 N–H and O–H groups in total. The van der Waals surface area contributed by atoms with E-state index in [2.05, 4.69) is 5.32 Å². The second kappa shape index (κ2) is 5.10. The third-order valence-electron chi connectivity index (χ3n) is 2.87. The van der Waals surface area contributed by atoms with E-state index in [0.29, 0.717) is 11.3 Å². The molecule has 0 radical (unpaired) electrons. The molecule has 1 amide bonds. The Morgan fingerprint density at radius 1 is 1.16 bits per heavy atom. The third-order valence-corrected chi connectivity index (χ3v) is 2.87. The van der Waals surface area contributed by atoms with E-state index >= 15 is 0 Å². The molecular weight excluding hydrogens is 243 g/mol. The molecule has 2 aromatic rings. The third kappa shape index (κ3) is 2.91. The molecule has 0 spiro atoms. The standard InChI is InChI=1S/C15H15FN2O/c1-9-3-5-12(10(2)7-9)15(19)18-14-8-11(17)4-6-13(14)16/h3-8H,17H2,1-2H3,(H,18,19). The van der Waals surface area contributed by atoms with Crippen molar-refractivity contribution in [3.05, 3.63) is 58.9 Å². The zero-order chi connectivity index (χ0) is 14.0. The first-order valence-electron chi connectivity index (χ1n) is 5.91. The van der Waals surface area contributed by atoms with Gasteiger partial charge in [0.2, 0.25) is 0 Å². The molecule has 0 fully saturated rings. The van der Waals surface area contributed by atoms with Crippen molar-refractivity contribution in [1.82, 2.24) is 0 Å². The van der Waals surface area contributed by atoms with Crippen LogP contribution in [0.4, 0.5) is 15.8 Å². The summed E-state index contributed by atoms with van der Waals surface area (Å²) in [4.78, 5) is 12.1. The van der Waals surface area contributed by atoms with Gasteiger partial charge in [-0.05, 0) is 43.7 Å². The maximum absolute atomic E-state index is 13.5. The van der Waals surface area contributed by atoms with Crippen LogP contribution in [0, 0.1) is 19.7 Å². The Bertz CT molecular complexity index is 638. The average Bonchev–Trinajstić information content (AvgIpc) is 2.33. The maximum atomic E-state index is 13.5. The van der Waals surface area contributed by atoms with Gasteiger partial charge in [-0.25, -0.2) is 4.39 Å². The van der Waals surface area contributed by atoms with Crippen molar-refractivity contribution in [1.29, 1.82) is 0 Å². The van der Waals surface area contributed by atoms with E-state index in [0.717, 1.165) is 11.1 Å². The summed E-state index contributed by atoms with van der Waals surface area (Å²) in [6.45, 7) is 3.80. The molecule has 3 nitrogen and oxygen atoms in total. The summed E-state index contributed by atoms with van der Waals surface area (Å²) in [6.07, 6.45) is 0. The normalized spacial score (nSPS) is 10.3. The van der Waals surface area contributed by atoms with Gasteiger partial charge in [0, 0.05) is 11.3 Å². The van der Waals surface area contributed by atoms with Crippen molar-refractivity contribution in [2.45, 2.75) is 13.8 Å². The lowest BCUT2D eigenvalue weighted by molar-refractivity contribution is 0.102. The van der Waals surface area contributed by atoms with Crippen molar-refractivity contribution in [3.8, 4) is 0 Å². The summed E-state index contributed by atoms with van der Waals surface area (Å²) in [6, 6.07) is 9.55. The molecule has 0 atom stereocenters. The zero-order valence-electron chi connectivity index (χ0n) is 10.8. The number of hydrogen-bond donors (Lipinski definition) is 2. The maximum Gasteiger partial charge on any atom is 0.256 e. The topological polar surface area (TPSA) is 55.1 Å². The van der Waals surface area contributed by atoms with E-state index in [-0.39, 0.29) is 11.6 Å². The monoisotopic (exact) mass is 258 g/mol. The molecule has 4 heteroatoms. The van der Waals surface area contributed by atoms with Gasteiger partial charge >= 0.3 is 0 Å². The first kappa shape index (κ1) is 13.1. The number of carbonyl (C=O) groups is 1. The summed E-state index contributed by atoms with van der Waals surface area (Å²) in [5.41, 5.74) is 8.50. The number of aryl methyl sites for hydroxylation is 2. The number of anilines is 2. The Hall–Kier alpha value is -2.36. The molecule has 0 saturated carbocycles. The number of halogens is 1. The predicted molar refractivity (Wildman–Crippen MR) is 74.7 cm³/mol. The predicted octanol–water partition coefficient (Wildman–Crippen LogP) is 3.28. The minimum atomic E-state index is -0.507. The van der Waals surface area contributed by atoms with Crippen LogP contribution >= 0.6 is 0 Å². The van der Waals surface area contributed by atoms with Crippen LogP contribution < -0.4 is 11.1 Å². The minimum Gasteiger partial charge on any atom is -0.399 e. The van der Waals surface area contributed by atoms with Gasteiger partial charge < -0.3 is 11.1 Å². The summed E-state index contributed by atoms with van der Waals surface area (Å²) in [5.74, 6) is -0.852. The molecule has 0 bridgehead atoms. The van der Waals surface area contributed by atoms with Crippen molar-refractivity contribution < 1.29 is 9.18 Å². The smallest absolute Gasteiger partial charge is 0.256 e. The number of hydrogen-bond acceptors (Lipinski definition) is 2. The molecule has 2 rings (SSSR count). The number of rotatable bonds is 2. The van der Waals surface area contributed by atoms with Crippen LogP contribution in [0.25, 0.3) is 0 Å². The Kier molecular flexibility index (Phi) is 3.51. The number of nitrogens with one attached hydrogen (secondary N) is 1. The number of carbonyl (C=O) groups excluding carboxylic acids is 1. The summed E-state index contributed by atoms with van der Waals surface area (Å²) in [7, 11) is 0. The zero-order valence-corrected chi connectivity index (χ0v) is 10.8. The quantitative estimate of drug-likeness (QED) is 0.812. The number of nitrogens with two attached hydrogens (primary N) is 1. The number of benzene rings is 2. The SMILES string of the molecule is Cc1ccc(C(=O)Nc2cc(N)ccc2F)c(C)c1. The first-order chi connectivity index (χ1) is 8.97. The van der Waals surface area contributed by atoms with E-state index in [9.17, 15) is 9.18 Å². The van der Waals surface area contributed by atoms with Gasteiger partial charge in [-0.3, -0.25) is 4.79 Å². The van der Waals surface area contributed by atoms with Crippen molar-refractivity contribution >= 4 is 17.3 Å².